The standard InChI is InChI=1S/C19H17FN2O3S2/c1-13-7-8-17(11-18(13)20)27(24,25)22-15-5-2-4-14(10-15)19(23)21-12-16-6-3-9-26-16/h2-11,22H,12H2,1H3,(H,21,23). The van der Waals surface area contributed by atoms with Crippen molar-refractivity contribution in [2.24, 2.45) is 0 Å². The van der Waals surface area contributed by atoms with Gasteiger partial charge in [0.05, 0.1) is 11.4 Å². The normalized spacial score (nSPS) is 11.2. The van der Waals surface area contributed by atoms with Crippen LogP contribution >= 0.6 is 11.3 Å². The fraction of sp³-hybridized carbons (Fsp3) is 0.105. The maximum Gasteiger partial charge on any atom is 0.261 e. The number of rotatable bonds is 6. The van der Waals surface area contributed by atoms with Gasteiger partial charge in [-0.2, -0.15) is 0 Å². The van der Waals surface area contributed by atoms with Gasteiger partial charge >= 0.3 is 0 Å². The molecular formula is C19H17FN2O3S2. The number of nitrogens with one attached hydrogen (secondary N) is 2. The lowest BCUT2D eigenvalue weighted by molar-refractivity contribution is 0.0951. The highest BCUT2D eigenvalue weighted by Crippen LogP contribution is 2.19. The van der Waals surface area contributed by atoms with E-state index < -0.39 is 15.8 Å². The number of anilines is 1. The Kier molecular flexibility index (Phi) is 5.57. The molecule has 0 fully saturated rings. The lowest BCUT2D eigenvalue weighted by atomic mass is 10.2. The number of carbonyl (C=O) groups is 1. The summed E-state index contributed by atoms with van der Waals surface area (Å²) in [5.41, 5.74) is 0.903. The fourth-order valence-corrected chi connectivity index (χ4v) is 4.07. The molecule has 0 bridgehead atoms. The van der Waals surface area contributed by atoms with Gasteiger partial charge in [0.25, 0.3) is 15.9 Å². The maximum atomic E-state index is 13.7. The van der Waals surface area contributed by atoms with Crippen molar-refractivity contribution in [1.29, 1.82) is 0 Å². The average Bonchev–Trinajstić information content (AvgIpc) is 3.15. The Hall–Kier alpha value is -2.71. The van der Waals surface area contributed by atoms with Crippen LogP contribution in [0, 0.1) is 12.7 Å². The molecule has 2 N–H and O–H groups in total. The van der Waals surface area contributed by atoms with Crippen LogP contribution in [-0.2, 0) is 16.6 Å². The number of hydrogen-bond donors (Lipinski definition) is 2. The van der Waals surface area contributed by atoms with Crippen molar-refractivity contribution in [3.8, 4) is 0 Å². The van der Waals surface area contributed by atoms with E-state index >= 15 is 0 Å². The number of sulfonamides is 1. The quantitative estimate of drug-likeness (QED) is 0.654. The molecule has 0 atom stereocenters. The number of aryl methyl sites for hydroxylation is 1. The summed E-state index contributed by atoms with van der Waals surface area (Å²) in [6, 6.07) is 13.6. The molecule has 0 aliphatic heterocycles. The molecule has 27 heavy (non-hydrogen) atoms. The molecule has 3 aromatic rings. The van der Waals surface area contributed by atoms with E-state index in [2.05, 4.69) is 10.0 Å². The van der Waals surface area contributed by atoms with E-state index in [-0.39, 0.29) is 16.5 Å². The number of benzene rings is 2. The molecular weight excluding hydrogens is 387 g/mol. The van der Waals surface area contributed by atoms with Gasteiger partial charge in [-0.25, -0.2) is 12.8 Å². The van der Waals surface area contributed by atoms with Crippen LogP contribution in [-0.4, -0.2) is 14.3 Å². The van der Waals surface area contributed by atoms with Crippen LogP contribution in [0.25, 0.3) is 0 Å². The molecule has 0 radical (unpaired) electrons. The molecule has 0 unspecified atom stereocenters. The van der Waals surface area contributed by atoms with E-state index in [1.165, 1.54) is 35.6 Å². The summed E-state index contributed by atoms with van der Waals surface area (Å²) in [6.07, 6.45) is 0. The predicted molar refractivity (Wildman–Crippen MR) is 104 cm³/mol. The van der Waals surface area contributed by atoms with E-state index in [4.69, 9.17) is 0 Å². The first-order valence-electron chi connectivity index (χ1n) is 8.05. The van der Waals surface area contributed by atoms with Gasteiger partial charge in [0.1, 0.15) is 5.82 Å². The Labute approximate surface area is 160 Å². The molecule has 8 heteroatoms. The van der Waals surface area contributed by atoms with Crippen LogP contribution in [0.1, 0.15) is 20.8 Å². The van der Waals surface area contributed by atoms with E-state index in [0.717, 1.165) is 10.9 Å². The van der Waals surface area contributed by atoms with Gasteiger partial charge < -0.3 is 5.32 Å². The molecule has 140 valence electrons. The van der Waals surface area contributed by atoms with Crippen LogP contribution < -0.4 is 10.0 Å². The summed E-state index contributed by atoms with van der Waals surface area (Å²) < 4.78 is 40.9. The Bertz CT molecular complexity index is 1060. The van der Waals surface area contributed by atoms with Crippen molar-refractivity contribution in [3.63, 3.8) is 0 Å². The Morgan fingerprint density at radius 3 is 2.63 bits per heavy atom. The van der Waals surface area contributed by atoms with Crippen LogP contribution in [0.4, 0.5) is 10.1 Å². The van der Waals surface area contributed by atoms with Gasteiger partial charge in [-0.3, -0.25) is 9.52 Å². The van der Waals surface area contributed by atoms with Gasteiger partial charge in [-0.05, 0) is 54.3 Å². The molecule has 1 amide bonds. The zero-order valence-corrected chi connectivity index (χ0v) is 16.0. The summed E-state index contributed by atoms with van der Waals surface area (Å²) in [7, 11) is -3.96. The molecule has 1 aromatic heterocycles. The van der Waals surface area contributed by atoms with E-state index in [1.54, 1.807) is 19.1 Å². The van der Waals surface area contributed by atoms with Gasteiger partial charge in [0.15, 0.2) is 0 Å². The van der Waals surface area contributed by atoms with Crippen molar-refractivity contribution in [1.82, 2.24) is 5.32 Å². The second kappa shape index (κ2) is 7.89. The van der Waals surface area contributed by atoms with Crippen LogP contribution in [0.5, 0.6) is 0 Å². The first-order valence-corrected chi connectivity index (χ1v) is 10.4. The van der Waals surface area contributed by atoms with Crippen molar-refractivity contribution < 1.29 is 17.6 Å². The van der Waals surface area contributed by atoms with E-state index in [1.807, 2.05) is 17.5 Å². The first kappa shape index (κ1) is 19.1. The van der Waals surface area contributed by atoms with Gasteiger partial charge in [-0.15, -0.1) is 11.3 Å². The molecule has 1 heterocycles. The molecule has 0 aliphatic rings. The third-order valence-electron chi connectivity index (χ3n) is 3.83. The Morgan fingerprint density at radius 2 is 1.93 bits per heavy atom. The number of thiophene rings is 1. The molecule has 0 aliphatic carbocycles. The second-order valence-electron chi connectivity index (χ2n) is 5.86. The molecule has 5 nitrogen and oxygen atoms in total. The summed E-state index contributed by atoms with van der Waals surface area (Å²) in [4.78, 5) is 13.1. The summed E-state index contributed by atoms with van der Waals surface area (Å²) in [5.74, 6) is -0.912. The Morgan fingerprint density at radius 1 is 1.11 bits per heavy atom. The smallest absolute Gasteiger partial charge is 0.261 e. The SMILES string of the molecule is Cc1ccc(S(=O)(=O)Nc2cccc(C(=O)NCc3cccs3)c2)cc1F. The zero-order chi connectivity index (χ0) is 19.4. The fourth-order valence-electron chi connectivity index (χ4n) is 2.36. The van der Waals surface area contributed by atoms with Crippen LogP contribution in [0.3, 0.4) is 0 Å². The average molecular weight is 404 g/mol. The van der Waals surface area contributed by atoms with Crippen molar-refractivity contribution in [2.75, 3.05) is 4.72 Å². The van der Waals surface area contributed by atoms with Crippen molar-refractivity contribution in [2.45, 2.75) is 18.4 Å². The summed E-state index contributed by atoms with van der Waals surface area (Å²) in [6.45, 7) is 1.95. The highest BCUT2D eigenvalue weighted by atomic mass is 32.2. The third kappa shape index (κ3) is 4.72. The van der Waals surface area contributed by atoms with Crippen molar-refractivity contribution >= 4 is 33.0 Å². The molecule has 0 saturated heterocycles. The minimum atomic E-state index is -3.96. The summed E-state index contributed by atoms with van der Waals surface area (Å²) >= 11 is 1.53. The maximum absolute atomic E-state index is 13.7. The van der Waals surface area contributed by atoms with Gasteiger partial charge in [-0.1, -0.05) is 18.2 Å². The minimum absolute atomic E-state index is 0.182. The predicted octanol–water partition coefficient (Wildman–Crippen LogP) is 3.93. The zero-order valence-electron chi connectivity index (χ0n) is 14.4. The number of carbonyl (C=O) groups excluding carboxylic acids is 1. The number of amides is 1. The highest BCUT2D eigenvalue weighted by Gasteiger charge is 2.16. The monoisotopic (exact) mass is 404 g/mol. The van der Waals surface area contributed by atoms with Gasteiger partial charge in [0, 0.05) is 16.1 Å². The lowest BCUT2D eigenvalue weighted by Crippen LogP contribution is -2.22. The number of hydrogen-bond acceptors (Lipinski definition) is 4. The minimum Gasteiger partial charge on any atom is -0.347 e. The first-order chi connectivity index (χ1) is 12.8. The van der Waals surface area contributed by atoms with Crippen molar-refractivity contribution in [3.05, 3.63) is 81.8 Å². The topological polar surface area (TPSA) is 75.3 Å². The largest absolute Gasteiger partial charge is 0.347 e. The molecule has 3 rings (SSSR count). The second-order valence-corrected chi connectivity index (χ2v) is 8.57. The molecule has 2 aromatic carbocycles. The lowest BCUT2D eigenvalue weighted by Gasteiger charge is -2.10. The molecule has 0 saturated carbocycles. The Balaban J connectivity index is 1.74. The number of halogens is 1. The third-order valence-corrected chi connectivity index (χ3v) is 6.09. The van der Waals surface area contributed by atoms with Crippen LogP contribution in [0.2, 0.25) is 0 Å². The van der Waals surface area contributed by atoms with E-state index in [9.17, 15) is 17.6 Å². The summed E-state index contributed by atoms with van der Waals surface area (Å²) in [5, 5.41) is 4.70. The molecule has 0 spiro atoms. The van der Waals surface area contributed by atoms with E-state index in [0.29, 0.717) is 17.7 Å². The van der Waals surface area contributed by atoms with Gasteiger partial charge in [0.2, 0.25) is 0 Å². The highest BCUT2D eigenvalue weighted by molar-refractivity contribution is 7.92. The van der Waals surface area contributed by atoms with Crippen LogP contribution in [0.15, 0.2) is 64.9 Å².